The summed E-state index contributed by atoms with van der Waals surface area (Å²) in [6.45, 7) is 16.3. The lowest BCUT2D eigenvalue weighted by atomic mass is 9.38. The minimum absolute atomic E-state index is 0.0970. The van der Waals surface area contributed by atoms with Crippen LogP contribution in [0.25, 0.3) is 0 Å². The van der Waals surface area contributed by atoms with Gasteiger partial charge >= 0.3 is 5.97 Å². The van der Waals surface area contributed by atoms with Crippen LogP contribution >= 0.6 is 11.6 Å². The van der Waals surface area contributed by atoms with Crippen molar-refractivity contribution in [2.24, 2.45) is 57.2 Å². The average Bonchev–Trinajstić information content (AvgIpc) is 3.36. The Morgan fingerprint density at radius 3 is 2.43 bits per heavy atom. The van der Waals surface area contributed by atoms with Crippen LogP contribution in [0.5, 0.6) is 0 Å². The van der Waals surface area contributed by atoms with Gasteiger partial charge in [-0.15, -0.1) is 0 Å². The van der Waals surface area contributed by atoms with Gasteiger partial charge in [0.15, 0.2) is 5.78 Å². The number of Topliss-reactive ketones (excluding diaryl/α,β-unsaturated/α-hetero) is 1. The molecule has 6 nitrogen and oxygen atoms in total. The third-order valence-corrected chi connectivity index (χ3v) is 15.0. The molecule has 0 spiro atoms. The highest BCUT2D eigenvalue weighted by molar-refractivity contribution is 6.31. The molecule has 10 unspecified atom stereocenters. The number of benzene rings is 1. The third-order valence-electron chi connectivity index (χ3n) is 14.6. The second-order valence-electron chi connectivity index (χ2n) is 18.2. The Kier molecular flexibility index (Phi) is 10.1. The number of rotatable bonds is 10. The number of ether oxygens (including phenoxy) is 1. The summed E-state index contributed by atoms with van der Waals surface area (Å²) in [6, 6.07) is 7.81. The van der Waals surface area contributed by atoms with E-state index < -0.39 is 16.9 Å². The zero-order valence-electron chi connectivity index (χ0n) is 30.9. The Morgan fingerprint density at radius 2 is 1.73 bits per heavy atom. The van der Waals surface area contributed by atoms with Gasteiger partial charge in [-0.2, -0.15) is 0 Å². The summed E-state index contributed by atoms with van der Waals surface area (Å²) in [6.07, 6.45) is 8.96. The van der Waals surface area contributed by atoms with Crippen molar-refractivity contribution in [1.82, 2.24) is 5.32 Å². The number of carbonyl (C=O) groups excluding carboxylic acids is 3. The standard InChI is InChI=1S/C42H60ClNO5/c1-25(2)37-32(46)20-42(35(47)23-44-22-27-10-8-9-11-31(27)43)19-15-30-28(38(37)42)12-13-34-40(6)18-16-33(49-36(48)21-39(4,5)24-45)26(3)29(40)14-17-41(30,34)7/h8-11,24-26,28-30,33-35,44,47H,12-23H2,1-7H3. The SMILES string of the molecule is CC(C)C1=C2C3CCC4C(C)(CCC5C(C)C(OC(=O)CC(C)(C)C=O)CCC54C)C3CCC2(C(O)CNCc2ccccc2Cl)CC1=O. The highest BCUT2D eigenvalue weighted by Crippen LogP contribution is 2.72. The number of halogens is 1. The summed E-state index contributed by atoms with van der Waals surface area (Å²) in [5.41, 5.74) is 2.46. The molecule has 0 radical (unpaired) electrons. The molecule has 0 aromatic heterocycles. The first kappa shape index (κ1) is 36.8. The minimum atomic E-state index is -0.704. The van der Waals surface area contributed by atoms with Gasteiger partial charge in [0.1, 0.15) is 12.4 Å². The van der Waals surface area contributed by atoms with Crippen LogP contribution in [0.15, 0.2) is 35.4 Å². The predicted octanol–water partition coefficient (Wildman–Crippen LogP) is 8.52. The van der Waals surface area contributed by atoms with Gasteiger partial charge in [0, 0.05) is 35.4 Å². The smallest absolute Gasteiger partial charge is 0.307 e. The number of hydrogen-bond donors (Lipinski definition) is 2. The molecule has 0 saturated heterocycles. The highest BCUT2D eigenvalue weighted by atomic mass is 35.5. The molecular formula is C42H60ClNO5. The molecule has 0 heterocycles. The molecule has 1 aromatic carbocycles. The summed E-state index contributed by atoms with van der Waals surface area (Å²) < 4.78 is 6.10. The molecule has 6 rings (SSSR count). The summed E-state index contributed by atoms with van der Waals surface area (Å²) in [4.78, 5) is 38.2. The van der Waals surface area contributed by atoms with E-state index >= 15 is 0 Å². The lowest BCUT2D eigenvalue weighted by Crippen LogP contribution is -2.61. The molecular weight excluding hydrogens is 634 g/mol. The van der Waals surface area contributed by atoms with E-state index in [0.29, 0.717) is 43.2 Å². The zero-order chi connectivity index (χ0) is 35.5. The van der Waals surface area contributed by atoms with Crippen LogP contribution in [0.1, 0.15) is 118 Å². The van der Waals surface area contributed by atoms with E-state index in [9.17, 15) is 19.5 Å². The van der Waals surface area contributed by atoms with E-state index in [4.69, 9.17) is 16.3 Å². The lowest BCUT2D eigenvalue weighted by molar-refractivity contribution is -0.192. The van der Waals surface area contributed by atoms with Crippen molar-refractivity contribution < 1.29 is 24.2 Å². The fourth-order valence-corrected chi connectivity index (χ4v) is 12.5. The Morgan fingerprint density at radius 1 is 1.06 bits per heavy atom. The van der Waals surface area contributed by atoms with E-state index in [0.717, 1.165) is 73.8 Å². The maximum atomic E-state index is 13.9. The summed E-state index contributed by atoms with van der Waals surface area (Å²) in [5.74, 6) is 2.28. The van der Waals surface area contributed by atoms with Gasteiger partial charge in [0.25, 0.3) is 0 Å². The Balaban J connectivity index is 1.22. The van der Waals surface area contributed by atoms with Crippen LogP contribution in [0, 0.1) is 57.2 Å². The molecule has 0 aliphatic heterocycles. The molecule has 0 bridgehead atoms. The number of ketones is 1. The third kappa shape index (κ3) is 6.28. The Labute approximate surface area is 299 Å². The van der Waals surface area contributed by atoms with Gasteiger partial charge in [-0.1, -0.05) is 83.8 Å². The van der Waals surface area contributed by atoms with Crippen LogP contribution in [0.3, 0.4) is 0 Å². The number of fused-ring (bicyclic) bond motifs is 7. The van der Waals surface area contributed by atoms with E-state index in [1.54, 1.807) is 13.8 Å². The normalized spacial score (nSPS) is 38.0. The molecule has 5 aliphatic rings. The number of nitrogens with one attached hydrogen (secondary N) is 1. The topological polar surface area (TPSA) is 92.7 Å². The molecule has 2 N–H and O–H groups in total. The molecule has 10 atom stereocenters. The number of esters is 1. The van der Waals surface area contributed by atoms with Gasteiger partial charge in [-0.3, -0.25) is 9.59 Å². The fourth-order valence-electron chi connectivity index (χ4n) is 12.3. The quantitative estimate of drug-likeness (QED) is 0.189. The van der Waals surface area contributed by atoms with Crippen molar-refractivity contribution in [3.8, 4) is 0 Å². The van der Waals surface area contributed by atoms with Gasteiger partial charge in [0.2, 0.25) is 0 Å². The summed E-state index contributed by atoms with van der Waals surface area (Å²) in [5, 5.41) is 16.2. The van der Waals surface area contributed by atoms with Crippen molar-refractivity contribution in [2.75, 3.05) is 6.54 Å². The first-order valence-electron chi connectivity index (χ1n) is 19.1. The molecule has 4 saturated carbocycles. The average molecular weight is 694 g/mol. The Hall–Kier alpha value is -2.02. The molecule has 0 amide bonds. The molecule has 1 aromatic rings. The fraction of sp³-hybridized carbons (Fsp3) is 0.738. The van der Waals surface area contributed by atoms with Crippen molar-refractivity contribution in [3.63, 3.8) is 0 Å². The Bertz CT molecular complexity index is 1480. The van der Waals surface area contributed by atoms with Gasteiger partial charge in [-0.25, -0.2) is 0 Å². The van der Waals surface area contributed by atoms with Crippen LogP contribution in [-0.4, -0.2) is 41.9 Å². The minimum Gasteiger partial charge on any atom is -0.462 e. The van der Waals surface area contributed by atoms with Crippen molar-refractivity contribution >= 4 is 29.6 Å². The molecule has 4 fully saturated rings. The van der Waals surface area contributed by atoms with Crippen LogP contribution in [0.4, 0.5) is 0 Å². The number of aliphatic hydroxyl groups excluding tert-OH is 1. The van der Waals surface area contributed by atoms with Crippen molar-refractivity contribution in [2.45, 2.75) is 131 Å². The maximum Gasteiger partial charge on any atom is 0.307 e. The van der Waals surface area contributed by atoms with E-state index in [1.807, 2.05) is 24.3 Å². The lowest BCUT2D eigenvalue weighted by Gasteiger charge is -2.67. The first-order chi connectivity index (χ1) is 23.1. The van der Waals surface area contributed by atoms with E-state index in [2.05, 4.69) is 39.9 Å². The molecule has 270 valence electrons. The number of allylic oxidation sites excluding steroid dienone is 1. The van der Waals surface area contributed by atoms with Crippen molar-refractivity contribution in [3.05, 3.63) is 46.0 Å². The molecule has 7 heteroatoms. The number of aldehydes is 1. The molecule has 5 aliphatic carbocycles. The highest BCUT2D eigenvalue weighted by Gasteiger charge is 2.65. The number of carbonyl (C=O) groups is 3. The second kappa shape index (κ2) is 13.5. The monoisotopic (exact) mass is 693 g/mol. The number of aliphatic hydroxyl groups is 1. The maximum absolute atomic E-state index is 13.9. The van der Waals surface area contributed by atoms with Gasteiger partial charge in [0.05, 0.1) is 12.5 Å². The van der Waals surface area contributed by atoms with Crippen LogP contribution < -0.4 is 5.32 Å². The summed E-state index contributed by atoms with van der Waals surface area (Å²) in [7, 11) is 0. The largest absolute Gasteiger partial charge is 0.462 e. The molecule has 49 heavy (non-hydrogen) atoms. The van der Waals surface area contributed by atoms with Crippen LogP contribution in [0.2, 0.25) is 5.02 Å². The zero-order valence-corrected chi connectivity index (χ0v) is 31.7. The van der Waals surface area contributed by atoms with Gasteiger partial charge in [-0.05, 0) is 115 Å². The summed E-state index contributed by atoms with van der Waals surface area (Å²) >= 11 is 6.42. The first-order valence-corrected chi connectivity index (χ1v) is 19.5. The van der Waals surface area contributed by atoms with Crippen molar-refractivity contribution in [1.29, 1.82) is 0 Å². The van der Waals surface area contributed by atoms with Crippen LogP contribution in [-0.2, 0) is 25.7 Å². The van der Waals surface area contributed by atoms with Gasteiger partial charge < -0.3 is 20.0 Å². The second-order valence-corrected chi connectivity index (χ2v) is 18.6. The number of hydrogen-bond acceptors (Lipinski definition) is 6. The van der Waals surface area contributed by atoms with E-state index in [-0.39, 0.29) is 46.9 Å². The van der Waals surface area contributed by atoms with E-state index in [1.165, 1.54) is 5.57 Å². The predicted molar refractivity (Wildman–Crippen MR) is 194 cm³/mol.